The minimum atomic E-state index is -1.99. The Labute approximate surface area is 267 Å². The summed E-state index contributed by atoms with van der Waals surface area (Å²) in [6.45, 7) is 41.5. The third kappa shape index (κ3) is 11.9. The molecule has 0 saturated heterocycles. The van der Waals surface area contributed by atoms with E-state index in [1.807, 2.05) is 0 Å². The predicted octanol–water partition coefficient (Wildman–Crippen LogP) is 10.5. The molecule has 0 bridgehead atoms. The van der Waals surface area contributed by atoms with Crippen LogP contribution in [0.4, 0.5) is 0 Å². The fourth-order valence-corrected chi connectivity index (χ4v) is 17.4. The van der Waals surface area contributed by atoms with E-state index in [0.717, 1.165) is 0 Å². The molecule has 0 nitrogen and oxygen atoms in total. The van der Waals surface area contributed by atoms with Crippen LogP contribution in [0.5, 0.6) is 0 Å². The Morgan fingerprint density at radius 3 is 0.762 bits per heavy atom. The molecule has 228 valence electrons. The van der Waals surface area contributed by atoms with Crippen molar-refractivity contribution >= 4 is 32.3 Å². The first-order valence-electron chi connectivity index (χ1n) is 15.9. The van der Waals surface area contributed by atoms with E-state index in [0.29, 0.717) is 44.4 Å². The second-order valence-corrected chi connectivity index (χ2v) is 36.2. The van der Waals surface area contributed by atoms with Crippen molar-refractivity contribution in [2.24, 2.45) is 0 Å². The van der Waals surface area contributed by atoms with Crippen LogP contribution in [0, 0.1) is 69.5 Å². The predicted molar refractivity (Wildman–Crippen MR) is 202 cm³/mol. The highest BCUT2D eigenvalue weighted by atomic mass is 28.3. The zero-order chi connectivity index (χ0) is 33.1. The van der Waals surface area contributed by atoms with Crippen LogP contribution in [0.15, 0.2) is 11.1 Å². The Hall–Kier alpha value is -2.03. The van der Waals surface area contributed by atoms with E-state index >= 15 is 0 Å². The number of allylic oxidation sites excluding steroid dienone is 2. The van der Waals surface area contributed by atoms with Crippen molar-refractivity contribution in [1.29, 1.82) is 0 Å². The molecule has 0 radical (unpaired) electrons. The smallest absolute Gasteiger partial charge is 0.124 e. The zero-order valence-corrected chi connectivity index (χ0v) is 34.5. The molecule has 0 saturated carbocycles. The van der Waals surface area contributed by atoms with Gasteiger partial charge in [-0.15, -0.1) is 22.2 Å². The van der Waals surface area contributed by atoms with Crippen LogP contribution in [-0.4, -0.2) is 32.3 Å². The van der Waals surface area contributed by atoms with Gasteiger partial charge in [-0.05, 0) is 68.8 Å². The molecule has 0 unspecified atom stereocenters. The molecule has 0 aromatic rings. The highest BCUT2D eigenvalue weighted by Crippen LogP contribution is 2.42. The van der Waals surface area contributed by atoms with Gasteiger partial charge in [0.1, 0.15) is 32.3 Å². The molecule has 0 fully saturated rings. The lowest BCUT2D eigenvalue weighted by Crippen LogP contribution is -2.43. The van der Waals surface area contributed by atoms with Gasteiger partial charge in [0.15, 0.2) is 0 Å². The summed E-state index contributed by atoms with van der Waals surface area (Å²) >= 11 is 0. The third-order valence-corrected chi connectivity index (χ3v) is 22.5. The Morgan fingerprint density at radius 2 is 0.571 bits per heavy atom. The average molecular weight is 629 g/mol. The quantitative estimate of drug-likeness (QED) is 0.203. The van der Waals surface area contributed by atoms with Crippen LogP contribution in [0.25, 0.3) is 0 Å². The van der Waals surface area contributed by atoms with Crippen LogP contribution in [-0.2, 0) is 0 Å². The SMILES string of the molecule is CC(C)[Si](C#C/C(C#CC#C[Si](C)(C)C)=C(\C#CC#C[Si](C)(C)C)C#C[Si](C(C)C)(C(C)C)C(C)C)(C(C)C)C(C)C. The van der Waals surface area contributed by atoms with Crippen LogP contribution >= 0.6 is 0 Å². The first-order chi connectivity index (χ1) is 19.0. The number of hydrogen-bond acceptors (Lipinski definition) is 0. The molecule has 0 heterocycles. The van der Waals surface area contributed by atoms with Crippen LogP contribution in [0.3, 0.4) is 0 Å². The molecule has 0 aromatic carbocycles. The van der Waals surface area contributed by atoms with Crippen molar-refractivity contribution in [1.82, 2.24) is 0 Å². The summed E-state index contributed by atoms with van der Waals surface area (Å²) < 4.78 is 0. The van der Waals surface area contributed by atoms with Gasteiger partial charge < -0.3 is 0 Å². The molecule has 0 amide bonds. The molecule has 0 rings (SSSR count). The summed E-state index contributed by atoms with van der Waals surface area (Å²) in [6, 6.07) is 0. The molecule has 0 aliphatic carbocycles. The van der Waals surface area contributed by atoms with Gasteiger partial charge in [0.2, 0.25) is 0 Å². The van der Waals surface area contributed by atoms with Gasteiger partial charge in [-0.3, -0.25) is 0 Å². The Kier molecular flexibility index (Phi) is 15.9. The molecule has 0 N–H and O–H groups in total. The Bertz CT molecular complexity index is 1180. The maximum Gasteiger partial charge on any atom is 0.146 e. The van der Waals surface area contributed by atoms with Gasteiger partial charge in [0.05, 0.1) is 11.1 Å². The minimum Gasteiger partial charge on any atom is -0.124 e. The standard InChI is InChI=1S/C38H60Si4/c1-31(2)41(32(3)4,33(5)6)29-25-37(23-19-21-27-39(13,14)15)38(24-20-22-28-40(16,17)18)26-30-42(34(7)8,35(9)10)36(11)12/h31-36H,1-18H3/b38-37+. The second-order valence-electron chi connectivity index (χ2n) is 15.5. The van der Waals surface area contributed by atoms with E-state index in [1.54, 1.807) is 0 Å². The molecule has 0 spiro atoms. The van der Waals surface area contributed by atoms with E-state index in [9.17, 15) is 0 Å². The van der Waals surface area contributed by atoms with Gasteiger partial charge in [-0.25, -0.2) is 0 Å². The van der Waals surface area contributed by atoms with Gasteiger partial charge in [-0.1, -0.05) is 134 Å². The molecular formula is C38H60Si4. The monoisotopic (exact) mass is 628 g/mol. The molecule has 0 aliphatic heterocycles. The first kappa shape index (κ1) is 40.0. The van der Waals surface area contributed by atoms with Crippen LogP contribution in [0.1, 0.15) is 83.1 Å². The van der Waals surface area contributed by atoms with Gasteiger partial charge in [0.25, 0.3) is 0 Å². The lowest BCUT2D eigenvalue weighted by Gasteiger charge is -2.38. The van der Waals surface area contributed by atoms with Gasteiger partial charge in [-0.2, -0.15) is 0 Å². The molecule has 0 atom stereocenters. The minimum absolute atomic E-state index is 0.525. The third-order valence-electron chi connectivity index (χ3n) is 8.17. The molecule has 0 aliphatic rings. The highest BCUT2D eigenvalue weighted by Gasteiger charge is 2.42. The van der Waals surface area contributed by atoms with Crippen molar-refractivity contribution in [2.45, 2.75) is 156 Å². The van der Waals surface area contributed by atoms with Gasteiger partial charge in [0, 0.05) is 0 Å². The largest absolute Gasteiger partial charge is 0.146 e. The molecule has 42 heavy (non-hydrogen) atoms. The Balaban J connectivity index is 8.09. The van der Waals surface area contributed by atoms with E-state index in [1.165, 1.54) is 0 Å². The maximum atomic E-state index is 3.89. The van der Waals surface area contributed by atoms with Crippen molar-refractivity contribution in [2.75, 3.05) is 0 Å². The molecule has 4 heteroatoms. The summed E-state index contributed by atoms with van der Waals surface area (Å²) in [6.07, 6.45) is 0. The van der Waals surface area contributed by atoms with E-state index in [4.69, 9.17) is 0 Å². The van der Waals surface area contributed by atoms with Crippen molar-refractivity contribution < 1.29 is 0 Å². The van der Waals surface area contributed by atoms with Crippen LogP contribution < -0.4 is 0 Å². The average Bonchev–Trinajstić information content (AvgIpc) is 2.79. The first-order valence-corrected chi connectivity index (χ1v) is 27.4. The van der Waals surface area contributed by atoms with Crippen molar-refractivity contribution in [3.8, 4) is 69.5 Å². The Morgan fingerprint density at radius 1 is 0.333 bits per heavy atom. The summed E-state index contributed by atoms with van der Waals surface area (Å²) in [4.78, 5) is 0. The maximum absolute atomic E-state index is 3.89. The number of rotatable bonds is 6. The van der Waals surface area contributed by atoms with E-state index in [-0.39, 0.29) is 0 Å². The zero-order valence-electron chi connectivity index (χ0n) is 30.5. The summed E-state index contributed by atoms with van der Waals surface area (Å²) in [5, 5.41) is 0. The normalized spacial score (nSPS) is 12.6. The topological polar surface area (TPSA) is 0 Å². The summed E-state index contributed by atoms with van der Waals surface area (Å²) in [5.41, 5.74) is 19.1. The summed E-state index contributed by atoms with van der Waals surface area (Å²) in [5.74, 6) is 26.5. The summed E-state index contributed by atoms with van der Waals surface area (Å²) in [7, 11) is -7.07. The van der Waals surface area contributed by atoms with Crippen LogP contribution in [0.2, 0.25) is 72.5 Å². The lowest BCUT2D eigenvalue weighted by molar-refractivity contribution is 0.838. The van der Waals surface area contributed by atoms with E-state index in [2.05, 4.69) is 192 Å². The fourth-order valence-electron chi connectivity index (χ4n) is 6.15. The second kappa shape index (κ2) is 16.7. The van der Waals surface area contributed by atoms with Crippen molar-refractivity contribution in [3.63, 3.8) is 0 Å². The van der Waals surface area contributed by atoms with Gasteiger partial charge >= 0.3 is 0 Å². The highest BCUT2D eigenvalue weighted by molar-refractivity contribution is 6.91. The number of hydrogen-bond donors (Lipinski definition) is 0. The molecular weight excluding hydrogens is 569 g/mol. The molecule has 0 aromatic heterocycles. The fraction of sp³-hybridized carbons (Fsp3) is 0.632. The lowest BCUT2D eigenvalue weighted by atomic mass is 10.1. The van der Waals surface area contributed by atoms with Crippen molar-refractivity contribution in [3.05, 3.63) is 11.1 Å². The van der Waals surface area contributed by atoms with E-state index < -0.39 is 32.3 Å².